The van der Waals surface area contributed by atoms with Gasteiger partial charge in [0.1, 0.15) is 5.82 Å². The van der Waals surface area contributed by atoms with Crippen LogP contribution in [-0.4, -0.2) is 42.3 Å². The molecule has 2 N–H and O–H groups in total. The Morgan fingerprint density at radius 3 is 2.91 bits per heavy atom. The summed E-state index contributed by atoms with van der Waals surface area (Å²) < 4.78 is 13.2. The lowest BCUT2D eigenvalue weighted by Gasteiger charge is -2.32. The van der Waals surface area contributed by atoms with Crippen LogP contribution in [0.5, 0.6) is 0 Å². The van der Waals surface area contributed by atoms with E-state index in [1.165, 1.54) is 12.1 Å². The SMILES string of the molecule is O=C(NCC1(c2ccc(F)cc2Cl)CC1)N1CCCC(CO)C1. The number of likely N-dealkylation sites (tertiary alicyclic amines) is 1. The molecule has 0 radical (unpaired) electrons. The van der Waals surface area contributed by atoms with Crippen molar-refractivity contribution in [3.05, 3.63) is 34.6 Å². The molecule has 6 heteroatoms. The van der Waals surface area contributed by atoms with Gasteiger partial charge in [0.2, 0.25) is 0 Å². The maximum Gasteiger partial charge on any atom is 0.317 e. The maximum atomic E-state index is 13.2. The molecule has 1 unspecified atom stereocenters. The zero-order chi connectivity index (χ0) is 16.4. The Kier molecular flexibility index (Phi) is 4.78. The van der Waals surface area contributed by atoms with Crippen molar-refractivity contribution in [2.45, 2.75) is 31.1 Å². The van der Waals surface area contributed by atoms with Gasteiger partial charge in [0.05, 0.1) is 0 Å². The van der Waals surface area contributed by atoms with Crippen LogP contribution in [0.4, 0.5) is 9.18 Å². The number of carbonyl (C=O) groups excluding carboxylic acids is 1. The van der Waals surface area contributed by atoms with Crippen LogP contribution in [0.15, 0.2) is 18.2 Å². The number of aliphatic hydroxyl groups excluding tert-OH is 1. The van der Waals surface area contributed by atoms with E-state index in [0.717, 1.165) is 37.8 Å². The van der Waals surface area contributed by atoms with Gasteiger partial charge in [-0.25, -0.2) is 9.18 Å². The fraction of sp³-hybridized carbons (Fsp3) is 0.588. The first-order valence-electron chi connectivity index (χ1n) is 8.13. The van der Waals surface area contributed by atoms with E-state index in [0.29, 0.717) is 18.1 Å². The summed E-state index contributed by atoms with van der Waals surface area (Å²) in [6, 6.07) is 4.38. The molecule has 1 heterocycles. The van der Waals surface area contributed by atoms with Crippen molar-refractivity contribution < 1.29 is 14.3 Å². The van der Waals surface area contributed by atoms with E-state index in [1.54, 1.807) is 11.0 Å². The second-order valence-electron chi connectivity index (χ2n) is 6.70. The van der Waals surface area contributed by atoms with E-state index in [1.807, 2.05) is 0 Å². The van der Waals surface area contributed by atoms with Crippen molar-refractivity contribution >= 4 is 17.6 Å². The lowest BCUT2D eigenvalue weighted by Crippen LogP contribution is -2.47. The quantitative estimate of drug-likeness (QED) is 0.885. The van der Waals surface area contributed by atoms with E-state index < -0.39 is 0 Å². The molecule has 1 aliphatic carbocycles. The summed E-state index contributed by atoms with van der Waals surface area (Å²) in [5.74, 6) is -0.169. The van der Waals surface area contributed by atoms with Gasteiger partial charge in [-0.15, -0.1) is 0 Å². The van der Waals surface area contributed by atoms with Gasteiger partial charge in [-0.1, -0.05) is 17.7 Å². The van der Waals surface area contributed by atoms with Crippen LogP contribution in [0.25, 0.3) is 0 Å². The summed E-state index contributed by atoms with van der Waals surface area (Å²) in [7, 11) is 0. The van der Waals surface area contributed by atoms with Crippen molar-refractivity contribution in [1.82, 2.24) is 10.2 Å². The van der Waals surface area contributed by atoms with Gasteiger partial charge >= 0.3 is 6.03 Å². The number of amides is 2. The van der Waals surface area contributed by atoms with Gasteiger partial charge in [-0.3, -0.25) is 0 Å². The Labute approximate surface area is 140 Å². The van der Waals surface area contributed by atoms with Gasteiger partial charge in [0.25, 0.3) is 0 Å². The third kappa shape index (κ3) is 3.61. The number of hydrogen-bond acceptors (Lipinski definition) is 2. The van der Waals surface area contributed by atoms with E-state index in [9.17, 15) is 14.3 Å². The normalized spacial score (nSPS) is 22.7. The Morgan fingerprint density at radius 1 is 1.48 bits per heavy atom. The predicted molar refractivity (Wildman–Crippen MR) is 87.1 cm³/mol. The van der Waals surface area contributed by atoms with E-state index in [4.69, 9.17) is 11.6 Å². The lowest BCUT2D eigenvalue weighted by atomic mass is 9.95. The molecule has 1 aromatic rings. The summed E-state index contributed by atoms with van der Waals surface area (Å²) in [6.45, 7) is 1.97. The summed E-state index contributed by atoms with van der Waals surface area (Å²) >= 11 is 6.17. The molecule has 1 atom stereocenters. The summed E-state index contributed by atoms with van der Waals surface area (Å²) in [5, 5.41) is 12.7. The van der Waals surface area contributed by atoms with Crippen LogP contribution >= 0.6 is 11.6 Å². The number of carbonyl (C=O) groups is 1. The molecule has 126 valence electrons. The third-order valence-corrected chi connectivity index (χ3v) is 5.31. The largest absolute Gasteiger partial charge is 0.396 e. The average Bonchev–Trinajstić information content (AvgIpc) is 3.33. The predicted octanol–water partition coefficient (Wildman–Crippen LogP) is 2.92. The molecule has 23 heavy (non-hydrogen) atoms. The number of piperidine rings is 1. The number of nitrogens with one attached hydrogen (secondary N) is 1. The van der Waals surface area contributed by atoms with Crippen molar-refractivity contribution in [1.29, 1.82) is 0 Å². The molecule has 1 aliphatic heterocycles. The minimum Gasteiger partial charge on any atom is -0.396 e. The highest BCUT2D eigenvalue weighted by atomic mass is 35.5. The van der Waals surface area contributed by atoms with Gasteiger partial charge in [0.15, 0.2) is 0 Å². The lowest BCUT2D eigenvalue weighted by molar-refractivity contribution is 0.129. The second kappa shape index (κ2) is 6.65. The van der Waals surface area contributed by atoms with E-state index in [-0.39, 0.29) is 29.8 Å². The molecule has 1 saturated heterocycles. The van der Waals surface area contributed by atoms with Crippen molar-refractivity contribution in [3.8, 4) is 0 Å². The van der Waals surface area contributed by atoms with Gasteiger partial charge in [-0.2, -0.15) is 0 Å². The van der Waals surface area contributed by atoms with Gasteiger partial charge < -0.3 is 15.3 Å². The highest BCUT2D eigenvalue weighted by molar-refractivity contribution is 6.31. The Morgan fingerprint density at radius 2 is 2.26 bits per heavy atom. The average molecular weight is 341 g/mol. The Balaban J connectivity index is 1.60. The molecule has 4 nitrogen and oxygen atoms in total. The van der Waals surface area contributed by atoms with Crippen LogP contribution in [0.2, 0.25) is 5.02 Å². The maximum absolute atomic E-state index is 13.2. The number of halogens is 2. The molecular weight excluding hydrogens is 319 g/mol. The molecule has 2 fully saturated rings. The molecule has 2 aliphatic rings. The number of rotatable bonds is 4. The molecular formula is C17H22ClFN2O2. The fourth-order valence-electron chi connectivity index (χ4n) is 3.37. The number of benzene rings is 1. The first-order valence-corrected chi connectivity index (χ1v) is 8.51. The first-order chi connectivity index (χ1) is 11.0. The zero-order valence-corrected chi connectivity index (χ0v) is 13.8. The fourth-order valence-corrected chi connectivity index (χ4v) is 3.73. The third-order valence-electron chi connectivity index (χ3n) is 5.00. The molecule has 0 spiro atoms. The van der Waals surface area contributed by atoms with Crippen LogP contribution in [0.1, 0.15) is 31.2 Å². The van der Waals surface area contributed by atoms with Gasteiger partial charge in [0, 0.05) is 36.7 Å². The molecule has 0 bridgehead atoms. The minimum absolute atomic E-state index is 0.0901. The van der Waals surface area contributed by atoms with Crippen LogP contribution in [0.3, 0.4) is 0 Å². The molecule has 2 amide bonds. The molecule has 1 aromatic carbocycles. The van der Waals surface area contributed by atoms with Gasteiger partial charge in [-0.05, 0) is 49.3 Å². The topological polar surface area (TPSA) is 52.6 Å². The summed E-state index contributed by atoms with van der Waals surface area (Å²) in [6.07, 6.45) is 3.78. The monoisotopic (exact) mass is 340 g/mol. The highest BCUT2D eigenvalue weighted by Gasteiger charge is 2.46. The highest BCUT2D eigenvalue weighted by Crippen LogP contribution is 2.50. The number of nitrogens with zero attached hydrogens (tertiary/aromatic N) is 1. The Hall–Kier alpha value is -1.33. The standard InChI is InChI=1S/C17H22ClFN2O2/c18-15-8-13(19)3-4-14(15)17(5-6-17)11-20-16(23)21-7-1-2-12(9-21)10-22/h3-4,8,12,22H,1-2,5-7,9-11H2,(H,20,23). The van der Waals surface area contributed by atoms with Crippen molar-refractivity contribution in [2.24, 2.45) is 5.92 Å². The summed E-state index contributed by atoms with van der Waals surface area (Å²) in [4.78, 5) is 14.1. The minimum atomic E-state index is -0.345. The number of hydrogen-bond donors (Lipinski definition) is 2. The van der Waals surface area contributed by atoms with Crippen molar-refractivity contribution in [2.75, 3.05) is 26.2 Å². The smallest absolute Gasteiger partial charge is 0.317 e. The zero-order valence-electron chi connectivity index (χ0n) is 13.0. The molecule has 1 saturated carbocycles. The van der Waals surface area contributed by atoms with E-state index in [2.05, 4.69) is 5.32 Å². The molecule has 0 aromatic heterocycles. The van der Waals surface area contributed by atoms with Crippen LogP contribution in [-0.2, 0) is 5.41 Å². The Bertz CT molecular complexity index is 592. The number of aliphatic hydroxyl groups is 1. The van der Waals surface area contributed by atoms with E-state index >= 15 is 0 Å². The summed E-state index contributed by atoms with van der Waals surface area (Å²) in [5.41, 5.74) is 0.750. The molecule has 3 rings (SSSR count). The van der Waals surface area contributed by atoms with Crippen molar-refractivity contribution in [3.63, 3.8) is 0 Å². The number of urea groups is 1. The van der Waals surface area contributed by atoms with Crippen LogP contribution in [0, 0.1) is 11.7 Å². The first kappa shape index (κ1) is 16.5. The van der Waals surface area contributed by atoms with Crippen LogP contribution < -0.4 is 5.32 Å². The second-order valence-corrected chi connectivity index (χ2v) is 7.11.